The number of para-hydroxylation sites is 1. The van der Waals surface area contributed by atoms with E-state index < -0.39 is 12.0 Å². The Balaban J connectivity index is 2.46. The number of nitrogens with zero attached hydrogens (tertiary/aromatic N) is 2. The highest BCUT2D eigenvalue weighted by Crippen LogP contribution is 2.32. The molecular weight excluding hydrogens is 273 g/mol. The minimum atomic E-state index is -4.51. The predicted molar refractivity (Wildman–Crippen MR) is 70.2 cm³/mol. The van der Waals surface area contributed by atoms with Crippen molar-refractivity contribution in [3.63, 3.8) is 0 Å². The third kappa shape index (κ3) is 3.37. The van der Waals surface area contributed by atoms with Crippen molar-refractivity contribution in [1.29, 1.82) is 0 Å². The smallest absolute Gasteiger partial charge is 0.224 e. The van der Waals surface area contributed by atoms with Crippen LogP contribution in [0.3, 0.4) is 0 Å². The van der Waals surface area contributed by atoms with Gasteiger partial charge in [-0.3, -0.25) is 0 Å². The van der Waals surface area contributed by atoms with Gasteiger partial charge < -0.3 is 0 Å². The van der Waals surface area contributed by atoms with E-state index in [1.807, 2.05) is 6.92 Å². The van der Waals surface area contributed by atoms with E-state index in [0.29, 0.717) is 15.9 Å². The number of thioether (sulfide) groups is 1. The summed E-state index contributed by atoms with van der Waals surface area (Å²) in [4.78, 5) is 7.26. The minimum absolute atomic E-state index is 0.337. The van der Waals surface area contributed by atoms with E-state index in [4.69, 9.17) is 0 Å². The molecule has 2 rings (SSSR count). The lowest BCUT2D eigenvalue weighted by Crippen LogP contribution is -2.11. The van der Waals surface area contributed by atoms with Crippen molar-refractivity contribution in [3.05, 3.63) is 30.1 Å². The van der Waals surface area contributed by atoms with Crippen LogP contribution >= 0.6 is 11.8 Å². The van der Waals surface area contributed by atoms with E-state index in [-0.39, 0.29) is 0 Å². The molecule has 0 amide bonds. The number of alkyl halides is 3. The Bertz CT molecular complexity index is 569. The van der Waals surface area contributed by atoms with Crippen LogP contribution in [0.25, 0.3) is 10.9 Å². The molecule has 0 aliphatic rings. The van der Waals surface area contributed by atoms with Gasteiger partial charge in [0.2, 0.25) is 5.82 Å². The molecule has 0 aliphatic heterocycles. The monoisotopic (exact) mass is 286 g/mol. The fourth-order valence-electron chi connectivity index (χ4n) is 1.60. The van der Waals surface area contributed by atoms with E-state index in [0.717, 1.165) is 18.6 Å². The molecule has 0 saturated heterocycles. The Morgan fingerprint density at radius 3 is 2.58 bits per heavy atom. The summed E-state index contributed by atoms with van der Waals surface area (Å²) in [7, 11) is 0. The molecule has 1 heterocycles. The van der Waals surface area contributed by atoms with Gasteiger partial charge in [0.1, 0.15) is 5.03 Å². The first-order valence-electron chi connectivity index (χ1n) is 5.99. The number of unbranched alkanes of at least 4 members (excludes halogenated alkanes) is 1. The normalized spacial score (nSPS) is 12.0. The number of rotatable bonds is 4. The van der Waals surface area contributed by atoms with Crippen molar-refractivity contribution in [2.45, 2.75) is 31.0 Å². The van der Waals surface area contributed by atoms with Gasteiger partial charge in [0.25, 0.3) is 0 Å². The molecule has 2 nitrogen and oxygen atoms in total. The van der Waals surface area contributed by atoms with Crippen molar-refractivity contribution in [3.8, 4) is 0 Å². The second kappa shape index (κ2) is 5.77. The molecule has 6 heteroatoms. The van der Waals surface area contributed by atoms with Gasteiger partial charge in [-0.25, -0.2) is 9.97 Å². The topological polar surface area (TPSA) is 25.8 Å². The van der Waals surface area contributed by atoms with Crippen LogP contribution in [0.2, 0.25) is 0 Å². The highest BCUT2D eigenvalue weighted by Gasteiger charge is 2.35. The number of hydrogen-bond donors (Lipinski definition) is 0. The van der Waals surface area contributed by atoms with E-state index >= 15 is 0 Å². The lowest BCUT2D eigenvalue weighted by atomic mass is 10.2. The summed E-state index contributed by atoms with van der Waals surface area (Å²) in [5.74, 6) is -0.306. The molecule has 0 spiro atoms. The largest absolute Gasteiger partial charge is 0.451 e. The number of fused-ring (bicyclic) bond motifs is 1. The quantitative estimate of drug-likeness (QED) is 0.469. The molecule has 0 N–H and O–H groups in total. The number of benzene rings is 1. The molecule has 0 radical (unpaired) electrons. The predicted octanol–water partition coefficient (Wildman–Crippen LogP) is 4.54. The second-order valence-corrected chi connectivity index (χ2v) is 5.15. The van der Waals surface area contributed by atoms with Gasteiger partial charge in [-0.15, -0.1) is 11.8 Å². The van der Waals surface area contributed by atoms with Crippen molar-refractivity contribution < 1.29 is 13.2 Å². The molecule has 2 aromatic rings. The van der Waals surface area contributed by atoms with Gasteiger partial charge in [-0.05, 0) is 18.2 Å². The molecule has 102 valence electrons. The van der Waals surface area contributed by atoms with E-state index in [1.165, 1.54) is 11.8 Å². The molecule has 1 aromatic heterocycles. The zero-order valence-corrected chi connectivity index (χ0v) is 11.2. The first kappa shape index (κ1) is 14.1. The molecular formula is C13H13F3N2S. The SMILES string of the molecule is CCCCSc1nc(C(F)(F)F)nc2ccccc12. The average Bonchev–Trinajstić information content (AvgIpc) is 2.37. The van der Waals surface area contributed by atoms with Gasteiger partial charge in [-0.1, -0.05) is 31.5 Å². The molecule has 19 heavy (non-hydrogen) atoms. The van der Waals surface area contributed by atoms with Crippen LogP contribution in [-0.2, 0) is 6.18 Å². The van der Waals surface area contributed by atoms with Gasteiger partial charge in [0, 0.05) is 5.39 Å². The molecule has 0 atom stereocenters. The maximum absolute atomic E-state index is 12.7. The Kier molecular flexibility index (Phi) is 4.29. The lowest BCUT2D eigenvalue weighted by Gasteiger charge is -2.10. The summed E-state index contributed by atoms with van der Waals surface area (Å²) < 4.78 is 38.2. The van der Waals surface area contributed by atoms with Gasteiger partial charge >= 0.3 is 6.18 Å². The summed E-state index contributed by atoms with van der Waals surface area (Å²) >= 11 is 1.35. The van der Waals surface area contributed by atoms with Gasteiger partial charge in [-0.2, -0.15) is 13.2 Å². The Morgan fingerprint density at radius 1 is 1.16 bits per heavy atom. The summed E-state index contributed by atoms with van der Waals surface area (Å²) in [6.45, 7) is 2.04. The lowest BCUT2D eigenvalue weighted by molar-refractivity contribution is -0.145. The molecule has 0 fully saturated rings. The third-order valence-electron chi connectivity index (χ3n) is 2.56. The van der Waals surface area contributed by atoms with Gasteiger partial charge in [0.05, 0.1) is 5.52 Å². The Labute approximate surface area is 113 Å². The standard InChI is InChI=1S/C13H13F3N2S/c1-2-3-8-19-11-9-6-4-5-7-10(9)17-12(18-11)13(14,15)16/h4-7H,2-3,8H2,1H3. The van der Waals surface area contributed by atoms with Crippen LogP contribution < -0.4 is 0 Å². The fraction of sp³-hybridized carbons (Fsp3) is 0.385. The van der Waals surface area contributed by atoms with Crippen molar-refractivity contribution in [1.82, 2.24) is 9.97 Å². The minimum Gasteiger partial charge on any atom is -0.224 e. The highest BCUT2D eigenvalue weighted by molar-refractivity contribution is 7.99. The summed E-state index contributed by atoms with van der Waals surface area (Å²) in [6, 6.07) is 6.79. The van der Waals surface area contributed by atoms with E-state index in [9.17, 15) is 13.2 Å². The van der Waals surface area contributed by atoms with Crippen molar-refractivity contribution in [2.75, 3.05) is 5.75 Å². The Hall–Kier alpha value is -1.30. The highest BCUT2D eigenvalue weighted by atomic mass is 32.2. The van der Waals surface area contributed by atoms with Crippen LogP contribution in [0.15, 0.2) is 29.3 Å². The van der Waals surface area contributed by atoms with Crippen LogP contribution in [0.1, 0.15) is 25.6 Å². The zero-order valence-electron chi connectivity index (χ0n) is 10.4. The summed E-state index contributed by atoms with van der Waals surface area (Å²) in [6.07, 6.45) is -2.56. The van der Waals surface area contributed by atoms with Crippen molar-refractivity contribution in [2.24, 2.45) is 0 Å². The van der Waals surface area contributed by atoms with Gasteiger partial charge in [0.15, 0.2) is 0 Å². The first-order valence-corrected chi connectivity index (χ1v) is 6.97. The molecule has 0 bridgehead atoms. The van der Waals surface area contributed by atoms with Crippen LogP contribution in [0, 0.1) is 0 Å². The van der Waals surface area contributed by atoms with Crippen molar-refractivity contribution >= 4 is 22.7 Å². The second-order valence-electron chi connectivity index (χ2n) is 4.07. The number of aromatic nitrogens is 2. The molecule has 0 unspecified atom stereocenters. The first-order chi connectivity index (χ1) is 9.02. The molecule has 0 aliphatic carbocycles. The number of halogens is 3. The van der Waals surface area contributed by atoms with Crippen LogP contribution in [0.4, 0.5) is 13.2 Å². The van der Waals surface area contributed by atoms with Crippen LogP contribution in [0.5, 0.6) is 0 Å². The Morgan fingerprint density at radius 2 is 1.89 bits per heavy atom. The zero-order chi connectivity index (χ0) is 13.9. The maximum Gasteiger partial charge on any atom is 0.451 e. The molecule has 0 saturated carbocycles. The van der Waals surface area contributed by atoms with Crippen LogP contribution in [-0.4, -0.2) is 15.7 Å². The van der Waals surface area contributed by atoms with E-state index in [2.05, 4.69) is 9.97 Å². The summed E-state index contributed by atoms with van der Waals surface area (Å²) in [5, 5.41) is 1.09. The number of hydrogen-bond acceptors (Lipinski definition) is 3. The molecule has 1 aromatic carbocycles. The average molecular weight is 286 g/mol. The van der Waals surface area contributed by atoms with E-state index in [1.54, 1.807) is 24.3 Å². The summed E-state index contributed by atoms with van der Waals surface area (Å²) in [5.41, 5.74) is 0.337. The maximum atomic E-state index is 12.7. The third-order valence-corrected chi connectivity index (χ3v) is 3.64. The fourth-order valence-corrected chi connectivity index (χ4v) is 2.70.